The number of nitrogens with one attached hydrogen (secondary N) is 1. The first-order valence-electron chi connectivity index (χ1n) is 24.4. The molecule has 0 aliphatic heterocycles. The summed E-state index contributed by atoms with van der Waals surface area (Å²) in [6, 6.07) is 7.49. The zero-order valence-corrected chi connectivity index (χ0v) is 39.8. The summed E-state index contributed by atoms with van der Waals surface area (Å²) < 4.78 is 62.6. The molecule has 5 rings (SSSR count). The third kappa shape index (κ3) is 21.2. The van der Waals surface area contributed by atoms with Crippen molar-refractivity contribution in [2.45, 2.75) is 77.3 Å². The second-order valence-electron chi connectivity index (χ2n) is 16.7. The zero-order valence-electron chi connectivity index (χ0n) is 39.8. The zero-order chi connectivity index (χ0) is 47.0. The van der Waals surface area contributed by atoms with Gasteiger partial charge < -0.3 is 57.1 Å². The second-order valence-corrected chi connectivity index (χ2v) is 16.7. The van der Waals surface area contributed by atoms with Gasteiger partial charge in [0.2, 0.25) is 0 Å². The van der Waals surface area contributed by atoms with E-state index >= 15 is 0 Å². The van der Waals surface area contributed by atoms with E-state index in [1.807, 2.05) is 24.3 Å². The molecule has 376 valence electrons. The van der Waals surface area contributed by atoms with Crippen LogP contribution in [0, 0.1) is 11.8 Å². The molecule has 2 aromatic heterocycles. The van der Waals surface area contributed by atoms with Crippen LogP contribution >= 0.6 is 0 Å². The van der Waals surface area contributed by atoms with Gasteiger partial charge in [-0.15, -0.1) is 0 Å². The van der Waals surface area contributed by atoms with Gasteiger partial charge in [0.15, 0.2) is 5.65 Å². The van der Waals surface area contributed by atoms with Crippen molar-refractivity contribution < 1.29 is 56.9 Å². The molecule has 18 heteroatoms. The lowest BCUT2D eigenvalue weighted by atomic mass is 9.89. The Morgan fingerprint density at radius 1 is 0.567 bits per heavy atom. The number of methoxy groups -OCH3 is 1. The van der Waals surface area contributed by atoms with Crippen molar-refractivity contribution in [2.24, 2.45) is 11.8 Å². The Balaban J connectivity index is 0.853. The molecule has 0 unspecified atom stereocenters. The summed E-state index contributed by atoms with van der Waals surface area (Å²) in [5.41, 5.74) is 1.82. The minimum absolute atomic E-state index is 0.116. The Labute approximate surface area is 394 Å². The molecule has 0 amide bonds. The lowest BCUT2D eigenvalue weighted by Crippen LogP contribution is -2.42. The fraction of sp³-hybridized carbons (Fsp3) is 0.714. The van der Waals surface area contributed by atoms with Crippen LogP contribution in [-0.4, -0.2) is 164 Å². The first-order chi connectivity index (χ1) is 33.0. The number of hydrogen-bond acceptors (Lipinski definition) is 15. The number of ether oxygens (including phenoxy) is 11. The number of carbonyl (C=O) groups is 1. The molecule has 0 saturated heterocycles. The third-order valence-corrected chi connectivity index (χ3v) is 11.7. The van der Waals surface area contributed by atoms with Crippen molar-refractivity contribution in [1.29, 1.82) is 0 Å². The molecular weight excluding hydrogens is 869 g/mol. The smallest absolute Gasteiger partial charge is 0.332 e. The van der Waals surface area contributed by atoms with Crippen molar-refractivity contribution in [3.8, 4) is 11.4 Å². The topological polar surface area (TPSA) is 191 Å². The van der Waals surface area contributed by atoms with Gasteiger partial charge in [0.05, 0.1) is 126 Å². The molecule has 1 aromatic carbocycles. The summed E-state index contributed by atoms with van der Waals surface area (Å²) in [6.45, 7) is 10.1. The molecule has 1 N–H and O–H groups in total. The Bertz CT molecular complexity index is 1920. The highest BCUT2D eigenvalue weighted by atomic mass is 16.6. The summed E-state index contributed by atoms with van der Waals surface area (Å²) in [6.07, 6.45) is 14.4. The average Bonchev–Trinajstić information content (AvgIpc) is 3.81. The van der Waals surface area contributed by atoms with Crippen molar-refractivity contribution in [3.05, 3.63) is 56.7 Å². The SMILES string of the molecule is COCCOCCOCCOCCOCCOCCOCCOCCOCCOCCOC(=O)C=Cc1ccc(-c2nc3c([nH]2)c(=O)n(CC2CCCCC2)c(=O)n3CC2CCCCC2)cc1. The molecule has 2 aliphatic rings. The van der Waals surface area contributed by atoms with E-state index in [-0.39, 0.29) is 24.5 Å². The van der Waals surface area contributed by atoms with E-state index < -0.39 is 5.97 Å². The minimum atomic E-state index is -0.479. The Morgan fingerprint density at radius 3 is 1.40 bits per heavy atom. The largest absolute Gasteiger partial charge is 0.460 e. The van der Waals surface area contributed by atoms with Crippen molar-refractivity contribution in [3.63, 3.8) is 0 Å². The molecule has 0 atom stereocenters. The summed E-state index contributed by atoms with van der Waals surface area (Å²) in [5.74, 6) is 0.781. The number of esters is 1. The molecule has 0 radical (unpaired) electrons. The first-order valence-corrected chi connectivity index (χ1v) is 24.4. The van der Waals surface area contributed by atoms with Crippen LogP contribution in [0.1, 0.15) is 69.8 Å². The number of nitrogens with zero attached hydrogens (tertiary/aromatic N) is 3. The summed E-state index contributed by atoms with van der Waals surface area (Å²) >= 11 is 0. The number of benzene rings is 1. The van der Waals surface area contributed by atoms with Gasteiger partial charge in [-0.3, -0.25) is 13.9 Å². The molecule has 0 spiro atoms. The highest BCUT2D eigenvalue weighted by Gasteiger charge is 2.24. The van der Waals surface area contributed by atoms with Crippen LogP contribution < -0.4 is 11.2 Å². The molecule has 2 aliphatic carbocycles. The monoisotopic (exact) mass is 945 g/mol. The number of hydrogen-bond donors (Lipinski definition) is 1. The Kier molecular flexibility index (Phi) is 27.2. The van der Waals surface area contributed by atoms with E-state index in [4.69, 9.17) is 57.1 Å². The number of fused-ring (bicyclic) bond motifs is 1. The molecule has 0 bridgehead atoms. The Hall–Kier alpha value is -3.82. The fourth-order valence-corrected chi connectivity index (χ4v) is 8.05. The van der Waals surface area contributed by atoms with E-state index in [0.29, 0.717) is 161 Å². The number of rotatable bonds is 37. The number of aromatic amines is 1. The van der Waals surface area contributed by atoms with Crippen LogP contribution in [0.5, 0.6) is 0 Å². The molecule has 67 heavy (non-hydrogen) atoms. The maximum Gasteiger partial charge on any atom is 0.332 e. The number of imidazole rings is 1. The lowest BCUT2D eigenvalue weighted by Gasteiger charge is -2.24. The quantitative estimate of drug-likeness (QED) is 0.0458. The molecule has 2 saturated carbocycles. The van der Waals surface area contributed by atoms with Gasteiger partial charge >= 0.3 is 11.7 Å². The Morgan fingerprint density at radius 2 is 0.970 bits per heavy atom. The summed E-state index contributed by atoms with van der Waals surface area (Å²) in [4.78, 5) is 48.2. The lowest BCUT2D eigenvalue weighted by molar-refractivity contribution is -0.139. The van der Waals surface area contributed by atoms with E-state index in [0.717, 1.165) is 62.5 Å². The maximum absolute atomic E-state index is 13.9. The average molecular weight is 945 g/mol. The van der Waals surface area contributed by atoms with Crippen LogP contribution in [0.2, 0.25) is 0 Å². The fourth-order valence-electron chi connectivity index (χ4n) is 8.05. The first kappa shape index (κ1) is 54.1. The van der Waals surface area contributed by atoms with Crippen LogP contribution in [0.15, 0.2) is 39.9 Å². The molecule has 18 nitrogen and oxygen atoms in total. The predicted molar refractivity (Wildman–Crippen MR) is 252 cm³/mol. The van der Waals surface area contributed by atoms with Gasteiger partial charge in [0.25, 0.3) is 5.56 Å². The van der Waals surface area contributed by atoms with Crippen molar-refractivity contribution >= 4 is 23.2 Å². The maximum atomic E-state index is 13.9. The standard InChI is InChI=1S/C49H76N4O14/c1-57-18-19-58-20-21-59-22-23-60-24-25-61-26-27-62-28-29-63-30-31-64-32-33-65-34-35-66-36-37-67-44(54)17-14-40-12-15-43(16-13-40)46-50-45-47(51-46)52(38-41-8-4-2-5-9-41)49(56)53(48(45)55)39-42-10-6-3-7-11-42/h12-17,41-42H,2-11,18-39H2,1H3,(H,50,51). The van der Waals surface area contributed by atoms with Crippen molar-refractivity contribution in [1.82, 2.24) is 19.1 Å². The predicted octanol–water partition coefficient (Wildman–Crippen LogP) is 5.07. The summed E-state index contributed by atoms with van der Waals surface area (Å²) in [5, 5.41) is 0. The van der Waals surface area contributed by atoms with Gasteiger partial charge in [-0.2, -0.15) is 0 Å². The highest BCUT2D eigenvalue weighted by Crippen LogP contribution is 2.27. The molecule has 2 fully saturated rings. The van der Waals surface area contributed by atoms with E-state index in [1.54, 1.807) is 17.8 Å². The van der Waals surface area contributed by atoms with Gasteiger partial charge in [-0.1, -0.05) is 62.8 Å². The third-order valence-electron chi connectivity index (χ3n) is 11.7. The van der Waals surface area contributed by atoms with Gasteiger partial charge in [-0.05, 0) is 49.2 Å². The number of aromatic nitrogens is 4. The molecule has 2 heterocycles. The normalized spacial score (nSPS) is 15.1. The second kappa shape index (κ2) is 33.6. The van der Waals surface area contributed by atoms with Crippen LogP contribution in [0.3, 0.4) is 0 Å². The molecular formula is C49H76N4O14. The van der Waals surface area contributed by atoms with Crippen LogP contribution in [0.4, 0.5) is 0 Å². The van der Waals surface area contributed by atoms with E-state index in [9.17, 15) is 14.4 Å². The molecule has 3 aromatic rings. The van der Waals surface area contributed by atoms with E-state index in [2.05, 4.69) is 4.98 Å². The highest BCUT2D eigenvalue weighted by molar-refractivity contribution is 5.87. The van der Waals surface area contributed by atoms with Crippen LogP contribution in [0.25, 0.3) is 28.6 Å². The van der Waals surface area contributed by atoms with E-state index in [1.165, 1.54) is 23.5 Å². The number of carbonyl (C=O) groups excluding carboxylic acids is 1. The summed E-state index contributed by atoms with van der Waals surface area (Å²) in [7, 11) is 1.64. The van der Waals surface area contributed by atoms with Gasteiger partial charge in [-0.25, -0.2) is 14.6 Å². The van der Waals surface area contributed by atoms with Gasteiger partial charge in [0, 0.05) is 31.8 Å². The number of H-pyrrole nitrogens is 1. The van der Waals surface area contributed by atoms with Crippen LogP contribution in [-0.2, 0) is 70.0 Å². The minimum Gasteiger partial charge on any atom is -0.460 e. The van der Waals surface area contributed by atoms with Crippen molar-refractivity contribution in [2.75, 3.05) is 139 Å². The van der Waals surface area contributed by atoms with Gasteiger partial charge in [0.1, 0.15) is 17.9 Å².